The zero-order valence-corrected chi connectivity index (χ0v) is 16.4. The third-order valence-corrected chi connectivity index (χ3v) is 5.00. The average Bonchev–Trinajstić information content (AvgIpc) is 2.68. The van der Waals surface area contributed by atoms with Crippen LogP contribution in [0.25, 0.3) is 0 Å². The van der Waals surface area contributed by atoms with Crippen LogP contribution in [0.3, 0.4) is 0 Å². The molecule has 26 heavy (non-hydrogen) atoms. The lowest BCUT2D eigenvalue weighted by molar-refractivity contribution is 0.0948. The Morgan fingerprint density at radius 3 is 2.81 bits per heavy atom. The fourth-order valence-corrected chi connectivity index (χ4v) is 3.35. The van der Waals surface area contributed by atoms with Gasteiger partial charge in [-0.25, -0.2) is 9.97 Å². The number of carbonyl (C=O) groups excluding carboxylic acids is 1. The van der Waals surface area contributed by atoms with E-state index in [1.807, 2.05) is 42.5 Å². The Morgan fingerprint density at radius 1 is 1.19 bits per heavy atom. The van der Waals surface area contributed by atoms with Crippen molar-refractivity contribution in [3.05, 3.63) is 76.5 Å². The van der Waals surface area contributed by atoms with Gasteiger partial charge in [0.25, 0.3) is 5.91 Å². The third kappa shape index (κ3) is 4.83. The number of ether oxygens (including phenoxy) is 1. The fourth-order valence-electron chi connectivity index (χ4n) is 2.23. The number of nitrogens with one attached hydrogen (secondary N) is 1. The molecule has 5 nitrogen and oxygen atoms in total. The molecular weight excluding hydrogens is 414 g/mol. The van der Waals surface area contributed by atoms with Crippen molar-refractivity contribution in [3.63, 3.8) is 0 Å². The number of amides is 1. The van der Waals surface area contributed by atoms with Gasteiger partial charge in [-0.05, 0) is 51.8 Å². The predicted molar refractivity (Wildman–Crippen MR) is 104 cm³/mol. The van der Waals surface area contributed by atoms with Crippen LogP contribution in [0.1, 0.15) is 15.9 Å². The van der Waals surface area contributed by atoms with E-state index in [-0.39, 0.29) is 5.91 Å². The van der Waals surface area contributed by atoms with Crippen LogP contribution in [0.15, 0.2) is 75.3 Å². The van der Waals surface area contributed by atoms with Gasteiger partial charge in [0.2, 0.25) is 5.88 Å². The van der Waals surface area contributed by atoms with Gasteiger partial charge in [0.05, 0.1) is 12.7 Å². The Kier molecular flexibility index (Phi) is 6.25. The summed E-state index contributed by atoms with van der Waals surface area (Å²) in [5.74, 6) is 0.384. The summed E-state index contributed by atoms with van der Waals surface area (Å²) in [4.78, 5) is 21.9. The van der Waals surface area contributed by atoms with Gasteiger partial charge in [-0.1, -0.05) is 23.9 Å². The molecular formula is C19H16BrN3O2S. The van der Waals surface area contributed by atoms with E-state index in [4.69, 9.17) is 4.74 Å². The second-order valence-corrected chi connectivity index (χ2v) is 7.28. The molecule has 2 aromatic heterocycles. The Balaban J connectivity index is 1.71. The minimum Gasteiger partial charge on any atom is -0.481 e. The number of methoxy groups -OCH3 is 1. The molecule has 0 saturated heterocycles. The minimum atomic E-state index is -0.138. The lowest BCUT2D eigenvalue weighted by atomic mass is 10.2. The molecule has 0 fully saturated rings. The average molecular weight is 430 g/mol. The van der Waals surface area contributed by atoms with E-state index in [0.717, 1.165) is 20.0 Å². The minimum absolute atomic E-state index is 0.138. The molecule has 3 aromatic rings. The fraction of sp³-hybridized carbons (Fsp3) is 0.105. The number of aromatic nitrogens is 2. The molecule has 0 aliphatic rings. The first-order valence-electron chi connectivity index (χ1n) is 7.81. The van der Waals surface area contributed by atoms with Gasteiger partial charge in [-0.3, -0.25) is 4.79 Å². The van der Waals surface area contributed by atoms with Crippen molar-refractivity contribution in [1.29, 1.82) is 0 Å². The molecule has 1 amide bonds. The van der Waals surface area contributed by atoms with Crippen molar-refractivity contribution < 1.29 is 9.53 Å². The largest absolute Gasteiger partial charge is 0.481 e. The van der Waals surface area contributed by atoms with Gasteiger partial charge in [0.15, 0.2) is 0 Å². The first-order valence-corrected chi connectivity index (χ1v) is 9.42. The van der Waals surface area contributed by atoms with Crippen molar-refractivity contribution in [2.24, 2.45) is 0 Å². The van der Waals surface area contributed by atoms with Gasteiger partial charge >= 0.3 is 0 Å². The molecule has 0 saturated carbocycles. The smallest absolute Gasteiger partial charge is 0.252 e. The van der Waals surface area contributed by atoms with E-state index in [9.17, 15) is 4.79 Å². The highest BCUT2D eigenvalue weighted by Crippen LogP contribution is 2.29. The molecule has 0 aliphatic carbocycles. The van der Waals surface area contributed by atoms with E-state index < -0.39 is 0 Å². The summed E-state index contributed by atoms with van der Waals surface area (Å²) in [7, 11) is 1.56. The number of carbonyl (C=O) groups is 1. The highest BCUT2D eigenvalue weighted by atomic mass is 79.9. The molecule has 7 heteroatoms. The molecule has 0 unspecified atom stereocenters. The zero-order valence-electron chi connectivity index (χ0n) is 14.0. The summed E-state index contributed by atoms with van der Waals surface area (Å²) in [6.07, 6.45) is 3.39. The summed E-state index contributed by atoms with van der Waals surface area (Å²) < 4.78 is 6.02. The van der Waals surface area contributed by atoms with Gasteiger partial charge in [0, 0.05) is 34.4 Å². The number of hydrogen-bond donors (Lipinski definition) is 1. The molecule has 0 aliphatic heterocycles. The molecule has 132 valence electrons. The van der Waals surface area contributed by atoms with E-state index >= 15 is 0 Å². The molecule has 0 atom stereocenters. The monoisotopic (exact) mass is 429 g/mol. The molecule has 2 heterocycles. The van der Waals surface area contributed by atoms with Crippen molar-refractivity contribution >= 4 is 33.6 Å². The lowest BCUT2D eigenvalue weighted by Crippen LogP contribution is -2.23. The van der Waals surface area contributed by atoms with E-state index in [1.54, 1.807) is 25.6 Å². The summed E-state index contributed by atoms with van der Waals surface area (Å²) in [6.45, 7) is 0.396. The Morgan fingerprint density at radius 2 is 2.04 bits per heavy atom. The molecule has 3 rings (SSSR count). The standard InChI is InChI=1S/C19H16BrN3O2S/c1-25-17-10-13(8-9-21-17)11-23-19(24)15-4-2-3-5-16(15)26-18-7-6-14(20)12-22-18/h2-10,12H,11H2,1H3,(H,23,24). The van der Waals surface area contributed by atoms with Gasteiger partial charge < -0.3 is 10.1 Å². The lowest BCUT2D eigenvalue weighted by Gasteiger charge is -2.10. The van der Waals surface area contributed by atoms with Crippen LogP contribution < -0.4 is 10.1 Å². The number of benzene rings is 1. The summed E-state index contributed by atoms with van der Waals surface area (Å²) in [6, 6.07) is 15.0. The Hall–Kier alpha value is -2.38. The maximum Gasteiger partial charge on any atom is 0.252 e. The maximum absolute atomic E-state index is 12.6. The van der Waals surface area contributed by atoms with Crippen LogP contribution in [-0.2, 0) is 6.54 Å². The van der Waals surface area contributed by atoms with Crippen LogP contribution in [-0.4, -0.2) is 23.0 Å². The van der Waals surface area contributed by atoms with Crippen LogP contribution in [0.4, 0.5) is 0 Å². The highest BCUT2D eigenvalue weighted by molar-refractivity contribution is 9.10. The van der Waals surface area contributed by atoms with E-state index in [2.05, 4.69) is 31.2 Å². The summed E-state index contributed by atoms with van der Waals surface area (Å²) in [5.41, 5.74) is 1.54. The zero-order chi connectivity index (χ0) is 18.4. The number of rotatable bonds is 6. The predicted octanol–water partition coefficient (Wildman–Crippen LogP) is 4.33. The highest BCUT2D eigenvalue weighted by Gasteiger charge is 2.12. The van der Waals surface area contributed by atoms with Crippen LogP contribution in [0, 0.1) is 0 Å². The molecule has 1 N–H and O–H groups in total. The van der Waals surface area contributed by atoms with Crippen LogP contribution in [0.2, 0.25) is 0 Å². The quantitative estimate of drug-likeness (QED) is 0.631. The Bertz CT molecular complexity index is 903. The second-order valence-electron chi connectivity index (χ2n) is 5.30. The normalized spacial score (nSPS) is 10.4. The second kappa shape index (κ2) is 8.82. The first-order chi connectivity index (χ1) is 12.7. The molecule has 1 aromatic carbocycles. The van der Waals surface area contributed by atoms with Crippen molar-refractivity contribution in [2.45, 2.75) is 16.5 Å². The van der Waals surface area contributed by atoms with Crippen molar-refractivity contribution in [3.8, 4) is 5.88 Å². The maximum atomic E-state index is 12.6. The topological polar surface area (TPSA) is 64.1 Å². The van der Waals surface area contributed by atoms with E-state index in [1.165, 1.54) is 11.8 Å². The SMILES string of the molecule is COc1cc(CNC(=O)c2ccccc2Sc2ccc(Br)cn2)ccn1. The number of pyridine rings is 2. The van der Waals surface area contributed by atoms with Crippen molar-refractivity contribution in [2.75, 3.05) is 7.11 Å². The van der Waals surface area contributed by atoms with Crippen molar-refractivity contribution in [1.82, 2.24) is 15.3 Å². The number of nitrogens with zero attached hydrogens (tertiary/aromatic N) is 2. The molecule has 0 radical (unpaired) electrons. The van der Waals surface area contributed by atoms with Gasteiger partial charge in [-0.15, -0.1) is 0 Å². The van der Waals surface area contributed by atoms with Crippen LogP contribution >= 0.6 is 27.7 Å². The molecule has 0 bridgehead atoms. The van der Waals surface area contributed by atoms with E-state index in [0.29, 0.717) is 18.0 Å². The number of halogens is 1. The molecule has 0 spiro atoms. The van der Waals surface area contributed by atoms with Crippen LogP contribution in [0.5, 0.6) is 5.88 Å². The summed E-state index contributed by atoms with van der Waals surface area (Å²) in [5, 5.41) is 3.76. The third-order valence-electron chi connectivity index (χ3n) is 3.51. The summed E-state index contributed by atoms with van der Waals surface area (Å²) >= 11 is 4.83. The van der Waals surface area contributed by atoms with Gasteiger partial charge in [0.1, 0.15) is 5.03 Å². The number of hydrogen-bond acceptors (Lipinski definition) is 5. The Labute approximate surface area is 164 Å². The van der Waals surface area contributed by atoms with Gasteiger partial charge in [-0.2, -0.15) is 0 Å². The first kappa shape index (κ1) is 18.4.